The molecule has 1 aromatic heterocycles. The minimum absolute atomic E-state index is 0.0731. The Bertz CT molecular complexity index is 2030. The first-order valence-corrected chi connectivity index (χ1v) is 23.4. The Kier molecular flexibility index (Phi) is 11.8. The second kappa shape index (κ2) is 16.5. The number of halogens is 1. The lowest BCUT2D eigenvalue weighted by Crippen LogP contribution is -2.68. The van der Waals surface area contributed by atoms with Crippen LogP contribution in [0.15, 0.2) is 91.0 Å². The van der Waals surface area contributed by atoms with Crippen LogP contribution in [0.4, 0.5) is 4.39 Å². The van der Waals surface area contributed by atoms with Gasteiger partial charge >= 0.3 is 14.0 Å². The van der Waals surface area contributed by atoms with E-state index in [1.807, 2.05) is 72.8 Å². The molecule has 0 spiro atoms. The normalized spacial score (nSPS) is 22.4. The third-order valence-corrected chi connectivity index (χ3v) is 18.6. The summed E-state index contributed by atoms with van der Waals surface area (Å²) in [4.78, 5) is 17.6. The van der Waals surface area contributed by atoms with Crippen molar-refractivity contribution in [1.29, 1.82) is 0 Å². The summed E-state index contributed by atoms with van der Waals surface area (Å²) >= 11 is 0. The van der Waals surface area contributed by atoms with Crippen LogP contribution < -0.4 is 10.4 Å². The van der Waals surface area contributed by atoms with Gasteiger partial charge in [0.1, 0.15) is 11.9 Å². The molecule has 4 aliphatic rings. The molecule has 4 fully saturated rings. The Morgan fingerprint density at radius 1 is 0.929 bits per heavy atom. The van der Waals surface area contributed by atoms with Crippen LogP contribution in [0, 0.1) is 35.4 Å². The predicted molar refractivity (Wildman–Crippen MR) is 224 cm³/mol. The lowest BCUT2D eigenvalue weighted by molar-refractivity contribution is -0.138. The van der Waals surface area contributed by atoms with Crippen molar-refractivity contribution in [3.05, 3.63) is 114 Å². The van der Waals surface area contributed by atoms with Crippen molar-refractivity contribution in [2.24, 2.45) is 17.8 Å². The maximum atomic E-state index is 14.2. The maximum Gasteiger partial charge on any atom is 0.511 e. The fourth-order valence-electron chi connectivity index (χ4n) is 10.4. The SMILES string of the molecule is CC(C)c1nc(C23CC4CC(CC(C4)C2)C3)cc(-c2ccc(F)cc2)c1C#CCO[P+](=O)CC(CC(=O)O)O[Si](c1ccccc1)(c1ccccc1)C(C)(C)C. The third-order valence-electron chi connectivity index (χ3n) is 12.3. The summed E-state index contributed by atoms with van der Waals surface area (Å²) in [5.74, 6) is 7.52. The number of carboxylic acid groups (broad SMARTS) is 1. The highest BCUT2D eigenvalue weighted by Crippen LogP contribution is 2.60. The van der Waals surface area contributed by atoms with Crippen LogP contribution in [0.2, 0.25) is 5.04 Å². The van der Waals surface area contributed by atoms with E-state index in [0.29, 0.717) is 0 Å². The summed E-state index contributed by atoms with van der Waals surface area (Å²) in [7, 11) is -5.45. The number of pyridine rings is 1. The monoisotopic (exact) mass is 790 g/mol. The second-order valence-corrected chi connectivity index (χ2v) is 23.3. The number of aliphatic carboxylic acids is 1. The van der Waals surface area contributed by atoms with Crippen molar-refractivity contribution in [2.45, 2.75) is 102 Å². The Balaban J connectivity index is 1.16. The topological polar surface area (TPSA) is 85.7 Å². The number of carboxylic acids is 1. The molecule has 0 amide bonds. The maximum absolute atomic E-state index is 14.2. The molecule has 4 aromatic rings. The molecule has 2 unspecified atom stereocenters. The van der Waals surface area contributed by atoms with Crippen LogP contribution in [0.5, 0.6) is 0 Å². The number of carbonyl (C=O) groups is 1. The number of aromatic nitrogens is 1. The van der Waals surface area contributed by atoms with E-state index in [0.717, 1.165) is 56.2 Å². The van der Waals surface area contributed by atoms with E-state index in [1.54, 1.807) is 0 Å². The molecule has 1 N–H and O–H groups in total. The Labute approximate surface area is 333 Å². The van der Waals surface area contributed by atoms with E-state index >= 15 is 0 Å². The Hall–Kier alpha value is -3.99. The van der Waals surface area contributed by atoms with Gasteiger partial charge in [-0.1, -0.05) is 119 Å². The van der Waals surface area contributed by atoms with Crippen molar-refractivity contribution in [3.8, 4) is 23.0 Å². The van der Waals surface area contributed by atoms with E-state index < -0.39 is 28.4 Å². The first kappa shape index (κ1) is 40.2. The molecule has 2 atom stereocenters. The standard InChI is InChI=1S/C47H53FNO5PSi/c1-32(2)45-41(42(36-18-20-37(48)21-19-36)27-43(49-45)47-28-33-23-34(29-47)25-35(24-33)30-47)17-12-22-53-55(52)31-38(26-44(50)51)54-56(46(3,4)5,39-13-8-6-9-14-39)40-15-10-7-11-16-40/h6-11,13-16,18-21,27,32-35,38H,22-26,28-31H2,1-5H3/p+1. The van der Waals surface area contributed by atoms with Crippen molar-refractivity contribution < 1.29 is 27.8 Å². The first-order valence-electron chi connectivity index (χ1n) is 20.1. The van der Waals surface area contributed by atoms with Crippen molar-refractivity contribution >= 4 is 32.7 Å². The third kappa shape index (κ3) is 8.34. The van der Waals surface area contributed by atoms with Gasteiger partial charge in [-0.25, -0.2) is 4.39 Å². The zero-order chi connectivity index (χ0) is 39.7. The van der Waals surface area contributed by atoms with E-state index in [9.17, 15) is 18.9 Å². The van der Waals surface area contributed by atoms with E-state index in [1.165, 1.54) is 50.7 Å². The van der Waals surface area contributed by atoms with Crippen molar-refractivity contribution in [3.63, 3.8) is 0 Å². The zero-order valence-corrected chi connectivity index (χ0v) is 35.2. The van der Waals surface area contributed by atoms with Gasteiger partial charge in [-0.05, 0) is 106 Å². The van der Waals surface area contributed by atoms with Crippen LogP contribution >= 0.6 is 8.03 Å². The lowest BCUT2D eigenvalue weighted by atomic mass is 9.48. The fourth-order valence-corrected chi connectivity index (χ4v) is 16.1. The summed E-state index contributed by atoms with van der Waals surface area (Å²) < 4.78 is 40.7. The first-order chi connectivity index (χ1) is 26.8. The summed E-state index contributed by atoms with van der Waals surface area (Å²) in [6.45, 7) is 10.5. The fraction of sp³-hybridized carbons (Fsp3) is 0.447. The number of nitrogens with zero attached hydrogens (tertiary/aromatic N) is 1. The van der Waals surface area contributed by atoms with Gasteiger partial charge in [-0.15, -0.1) is 4.52 Å². The Morgan fingerprint density at radius 3 is 1.98 bits per heavy atom. The minimum Gasteiger partial charge on any atom is -0.481 e. The largest absolute Gasteiger partial charge is 0.511 e. The molecule has 4 saturated carbocycles. The lowest BCUT2D eigenvalue weighted by Gasteiger charge is -2.56. The van der Waals surface area contributed by atoms with E-state index in [-0.39, 0.29) is 41.4 Å². The van der Waals surface area contributed by atoms with Crippen LogP contribution in [0.1, 0.15) is 102 Å². The van der Waals surface area contributed by atoms with Crippen LogP contribution in [-0.4, -0.2) is 43.2 Å². The van der Waals surface area contributed by atoms with Gasteiger partial charge in [-0.3, -0.25) is 9.78 Å². The highest BCUT2D eigenvalue weighted by molar-refractivity contribution is 7.39. The van der Waals surface area contributed by atoms with Crippen LogP contribution in [0.25, 0.3) is 11.1 Å². The van der Waals surface area contributed by atoms with Gasteiger partial charge in [0.15, 0.2) is 6.61 Å². The quantitative estimate of drug-likeness (QED) is 0.0825. The minimum atomic E-state index is -3.12. The molecule has 0 aliphatic heterocycles. The van der Waals surface area contributed by atoms with Crippen LogP contribution in [-0.2, 0) is 23.7 Å². The number of rotatable bonds is 13. The molecule has 4 bridgehead atoms. The molecule has 9 heteroatoms. The van der Waals surface area contributed by atoms with Crippen molar-refractivity contribution in [1.82, 2.24) is 4.98 Å². The van der Waals surface area contributed by atoms with Gasteiger partial charge in [0.25, 0.3) is 8.32 Å². The van der Waals surface area contributed by atoms with Gasteiger partial charge < -0.3 is 9.53 Å². The van der Waals surface area contributed by atoms with Gasteiger partial charge in [0.2, 0.25) is 6.16 Å². The summed E-state index contributed by atoms with van der Waals surface area (Å²) in [6, 6.07) is 28.8. The average Bonchev–Trinajstić information content (AvgIpc) is 3.15. The molecule has 0 saturated heterocycles. The molecule has 0 radical (unpaired) electrons. The molecule has 56 heavy (non-hydrogen) atoms. The molecule has 292 valence electrons. The zero-order valence-electron chi connectivity index (χ0n) is 33.3. The van der Waals surface area contributed by atoms with Crippen molar-refractivity contribution in [2.75, 3.05) is 12.8 Å². The van der Waals surface area contributed by atoms with Gasteiger partial charge in [-0.2, -0.15) is 0 Å². The molecule has 8 rings (SSSR count). The van der Waals surface area contributed by atoms with E-state index in [2.05, 4.69) is 52.5 Å². The number of hydrogen-bond donors (Lipinski definition) is 1. The summed E-state index contributed by atoms with van der Waals surface area (Å²) in [5, 5.41) is 11.6. The van der Waals surface area contributed by atoms with Crippen LogP contribution in [0.3, 0.4) is 0 Å². The molecule has 6 nitrogen and oxygen atoms in total. The molecular formula is C47H54FNO5PSi+. The highest BCUT2D eigenvalue weighted by Gasteiger charge is 2.54. The summed E-state index contributed by atoms with van der Waals surface area (Å²) in [6.07, 6.45) is 6.30. The highest BCUT2D eigenvalue weighted by atomic mass is 31.1. The molecule has 3 aromatic carbocycles. The summed E-state index contributed by atoms with van der Waals surface area (Å²) in [5.41, 5.74) is 4.73. The van der Waals surface area contributed by atoms with E-state index in [4.69, 9.17) is 13.9 Å². The smallest absolute Gasteiger partial charge is 0.481 e. The van der Waals surface area contributed by atoms with Gasteiger partial charge in [0.05, 0.1) is 17.7 Å². The second-order valence-electron chi connectivity index (χ2n) is 17.8. The predicted octanol–water partition coefficient (Wildman–Crippen LogP) is 10.0. The average molecular weight is 791 g/mol. The molecule has 1 heterocycles. The number of benzene rings is 3. The van der Waals surface area contributed by atoms with Gasteiger partial charge in [0, 0.05) is 16.7 Å². The molecular weight excluding hydrogens is 737 g/mol. The Morgan fingerprint density at radius 2 is 1.48 bits per heavy atom. The number of hydrogen-bond acceptors (Lipinski definition) is 5. The molecule has 4 aliphatic carbocycles.